The smallest absolute Gasteiger partial charge is 0.0798 e. The number of pyridine rings is 3. The first-order valence-corrected chi connectivity index (χ1v) is 27.8. The topological polar surface area (TPSA) is 38.7 Å². The van der Waals surface area contributed by atoms with Crippen molar-refractivity contribution in [3.05, 3.63) is 181 Å². The number of rotatable bonds is 9. The molecule has 9 aromatic rings. The molecule has 4 aromatic heterocycles. The predicted octanol–water partition coefficient (Wildman–Crippen LogP) is 16.3. The van der Waals surface area contributed by atoms with E-state index >= 15 is 0 Å². The summed E-state index contributed by atoms with van der Waals surface area (Å²) >= 11 is 1.88. The predicted molar refractivity (Wildman–Crippen MR) is 281 cm³/mol. The molecule has 0 bridgehead atoms. The van der Waals surface area contributed by atoms with Gasteiger partial charge in [0.05, 0.1) is 8.07 Å². The second-order valence-electron chi connectivity index (χ2n) is 19.3. The summed E-state index contributed by atoms with van der Waals surface area (Å²) in [5.41, 5.74) is 16.6. The van der Waals surface area contributed by atoms with E-state index in [1.807, 2.05) is 31.4 Å². The Labute approximate surface area is 411 Å². The molecule has 1 aliphatic rings. The van der Waals surface area contributed by atoms with Crippen LogP contribution in [-0.4, -0.2) is 23.0 Å². The number of aryl methyl sites for hydroxylation is 2. The first kappa shape index (κ1) is 47.1. The van der Waals surface area contributed by atoms with Gasteiger partial charge in [0.25, 0.3) is 0 Å². The van der Waals surface area contributed by atoms with Crippen LogP contribution in [0.1, 0.15) is 74.4 Å². The summed E-state index contributed by atoms with van der Waals surface area (Å²) in [6.45, 7) is 15.8. The second kappa shape index (κ2) is 20.7. The summed E-state index contributed by atoms with van der Waals surface area (Å²) in [6, 6.07) is 55.0. The molecule has 0 atom stereocenters. The number of fused-ring (bicyclic) bond motifs is 3. The van der Waals surface area contributed by atoms with Gasteiger partial charge >= 0.3 is 0 Å². The molecule has 4 heterocycles. The molecular formula is C60H59IrN3SSi-2. The summed E-state index contributed by atoms with van der Waals surface area (Å²) in [5, 5.41) is 4.07. The Bertz CT molecular complexity index is 3050. The molecule has 0 aliphatic heterocycles. The van der Waals surface area contributed by atoms with E-state index in [0.29, 0.717) is 11.8 Å². The number of hydrogen-bond acceptors (Lipinski definition) is 4. The Hall–Kier alpha value is -5.36. The number of benzene rings is 5. The minimum atomic E-state index is -1.41. The van der Waals surface area contributed by atoms with Crippen molar-refractivity contribution in [2.75, 3.05) is 0 Å². The van der Waals surface area contributed by atoms with Gasteiger partial charge in [-0.2, -0.15) is 11.3 Å². The van der Waals surface area contributed by atoms with Gasteiger partial charge in [0, 0.05) is 48.6 Å². The SMILES string of the molecule is Cc1cc(-c2c[c-]c(-c3cc(CC(C)C)c([Si](C)(C)C)cn3)cc2)cc(C)n1.[Ir].[c-]1ccc2c(sc3c(-c4ccccc4)cc(-c4ccccc4)cc32)c1-c1cc(C2CCCCC2)ccn1. The average molecular weight is 1070 g/mol. The third-order valence-corrected chi connectivity index (χ3v) is 16.1. The second-order valence-corrected chi connectivity index (χ2v) is 25.4. The van der Waals surface area contributed by atoms with Gasteiger partial charge in [-0.15, -0.1) is 53.6 Å². The van der Waals surface area contributed by atoms with E-state index in [9.17, 15) is 0 Å². The van der Waals surface area contributed by atoms with Gasteiger partial charge in [-0.3, -0.25) is 4.98 Å². The minimum Gasteiger partial charge on any atom is -0.305 e. The molecule has 0 unspecified atom stereocenters. The molecule has 3 nitrogen and oxygen atoms in total. The molecule has 0 amide bonds. The van der Waals surface area contributed by atoms with Crippen LogP contribution >= 0.6 is 11.3 Å². The molecule has 0 spiro atoms. The van der Waals surface area contributed by atoms with Crippen LogP contribution in [-0.2, 0) is 26.5 Å². The Kier molecular flexibility index (Phi) is 14.8. The maximum absolute atomic E-state index is 4.85. The van der Waals surface area contributed by atoms with Gasteiger partial charge in [-0.1, -0.05) is 153 Å². The molecule has 0 saturated heterocycles. The molecule has 1 saturated carbocycles. The van der Waals surface area contributed by atoms with Crippen molar-refractivity contribution in [1.29, 1.82) is 0 Å². The van der Waals surface area contributed by atoms with E-state index in [2.05, 4.69) is 190 Å². The largest absolute Gasteiger partial charge is 0.305 e. The Balaban J connectivity index is 0.000000184. The Morgan fingerprint density at radius 3 is 2.02 bits per heavy atom. The van der Waals surface area contributed by atoms with Crippen LogP contribution in [0.15, 0.2) is 146 Å². The quantitative estimate of drug-likeness (QED) is 0.107. The first-order valence-electron chi connectivity index (χ1n) is 23.4. The summed E-state index contributed by atoms with van der Waals surface area (Å²) in [6.07, 6.45) is 11.9. The van der Waals surface area contributed by atoms with Crippen LogP contribution in [0.3, 0.4) is 0 Å². The third-order valence-electron chi connectivity index (χ3n) is 12.8. The fourth-order valence-corrected chi connectivity index (χ4v) is 12.5. The van der Waals surface area contributed by atoms with E-state index in [-0.39, 0.29) is 20.1 Å². The normalized spacial score (nSPS) is 13.1. The van der Waals surface area contributed by atoms with Gasteiger partial charge in [0.2, 0.25) is 0 Å². The standard InChI is InChI=1S/C35H28NS.C25H31N2Si.Ir/c1-4-11-24(12-5-1)27-19-20-36-33(23-27)30-18-10-17-29-32-22-28(25-13-6-2-7-14-25)21-31(35(32)37-34(29)30)26-15-8-3-9-16-26;1-17(2)12-23-15-24(26-16-25(23)28(5,6)7)21-10-8-20(9-11-21)22-13-18(3)27-19(4)14-22;/h2-3,6-10,13-17,19-24H,1,4-5,11-12H2;8-10,13-17H,12H2,1-7H3;/q2*-1;. The van der Waals surface area contributed by atoms with Crippen molar-refractivity contribution in [1.82, 2.24) is 15.0 Å². The molecular weight excluding hydrogens is 1020 g/mol. The molecule has 10 rings (SSSR count). The Morgan fingerprint density at radius 1 is 0.652 bits per heavy atom. The van der Waals surface area contributed by atoms with Crippen LogP contribution in [0.4, 0.5) is 0 Å². The van der Waals surface area contributed by atoms with Gasteiger partial charge in [-0.05, 0) is 124 Å². The summed E-state index contributed by atoms with van der Waals surface area (Å²) in [7, 11) is -1.41. The van der Waals surface area contributed by atoms with Crippen molar-refractivity contribution in [3.8, 4) is 55.9 Å². The first-order chi connectivity index (χ1) is 31.5. The van der Waals surface area contributed by atoms with Gasteiger partial charge in [0.15, 0.2) is 0 Å². The van der Waals surface area contributed by atoms with Crippen molar-refractivity contribution in [2.24, 2.45) is 5.92 Å². The van der Waals surface area contributed by atoms with Gasteiger partial charge in [-0.25, -0.2) is 0 Å². The zero-order valence-corrected chi connectivity index (χ0v) is 43.5. The van der Waals surface area contributed by atoms with Crippen LogP contribution in [0.25, 0.3) is 76.1 Å². The molecule has 5 aromatic carbocycles. The van der Waals surface area contributed by atoms with Crippen LogP contribution in [0.5, 0.6) is 0 Å². The molecule has 0 N–H and O–H groups in total. The Morgan fingerprint density at radius 2 is 1.35 bits per heavy atom. The number of thiophene rings is 1. The maximum atomic E-state index is 4.85. The third kappa shape index (κ3) is 10.6. The molecule has 1 fully saturated rings. The van der Waals surface area contributed by atoms with Crippen LogP contribution < -0.4 is 5.19 Å². The van der Waals surface area contributed by atoms with Crippen LogP contribution in [0.2, 0.25) is 19.6 Å². The summed E-state index contributed by atoms with van der Waals surface area (Å²) in [5.74, 6) is 1.30. The summed E-state index contributed by atoms with van der Waals surface area (Å²) < 4.78 is 2.60. The minimum absolute atomic E-state index is 0. The molecule has 66 heavy (non-hydrogen) atoms. The van der Waals surface area contributed by atoms with Crippen molar-refractivity contribution < 1.29 is 20.1 Å². The molecule has 1 aliphatic carbocycles. The number of aromatic nitrogens is 3. The molecule has 1 radical (unpaired) electrons. The molecule has 6 heteroatoms. The fourth-order valence-electron chi connectivity index (χ4n) is 9.63. The number of nitrogens with zero attached hydrogens (tertiary/aromatic N) is 3. The van der Waals surface area contributed by atoms with E-state index in [1.165, 1.54) is 102 Å². The fraction of sp³-hybridized carbons (Fsp3) is 0.250. The van der Waals surface area contributed by atoms with E-state index in [0.717, 1.165) is 40.3 Å². The van der Waals surface area contributed by atoms with Gasteiger partial charge < -0.3 is 9.97 Å². The van der Waals surface area contributed by atoms with E-state index < -0.39 is 8.07 Å². The van der Waals surface area contributed by atoms with Crippen LogP contribution in [0, 0.1) is 31.9 Å². The van der Waals surface area contributed by atoms with E-state index in [1.54, 1.807) is 0 Å². The van der Waals surface area contributed by atoms with E-state index in [4.69, 9.17) is 9.97 Å². The zero-order valence-electron chi connectivity index (χ0n) is 39.3. The zero-order chi connectivity index (χ0) is 45.1. The average Bonchev–Trinajstić information content (AvgIpc) is 3.70. The number of hydrogen-bond donors (Lipinski definition) is 0. The maximum Gasteiger partial charge on any atom is 0.0798 e. The summed E-state index contributed by atoms with van der Waals surface area (Å²) in [4.78, 5) is 14.1. The van der Waals surface area contributed by atoms with Crippen molar-refractivity contribution in [2.45, 2.75) is 91.8 Å². The van der Waals surface area contributed by atoms with Crippen molar-refractivity contribution in [3.63, 3.8) is 0 Å². The van der Waals surface area contributed by atoms with Crippen molar-refractivity contribution >= 4 is 44.8 Å². The molecule has 335 valence electrons. The monoisotopic (exact) mass is 1070 g/mol. The van der Waals surface area contributed by atoms with Gasteiger partial charge in [0.1, 0.15) is 0 Å².